The third kappa shape index (κ3) is 2.10. The highest BCUT2D eigenvalue weighted by Crippen LogP contribution is 2.60. The van der Waals surface area contributed by atoms with Crippen LogP contribution in [-0.4, -0.2) is 19.9 Å². The fraction of sp³-hybridized carbons (Fsp3) is 0.929. The predicted octanol–water partition coefficient (Wildman–Crippen LogP) is 2.99. The normalized spacial score (nSPS) is 42.1. The molecule has 98 valence electrons. The number of esters is 1. The molecule has 0 aliphatic heterocycles. The Morgan fingerprint density at radius 3 is 2.00 bits per heavy atom. The summed E-state index contributed by atoms with van der Waals surface area (Å²) in [5.41, 5.74) is -0.132. The minimum atomic E-state index is -0.132. The van der Waals surface area contributed by atoms with Crippen molar-refractivity contribution in [2.24, 2.45) is 23.2 Å². The van der Waals surface area contributed by atoms with Crippen LogP contribution in [0.5, 0.6) is 0 Å². The second-order valence-corrected chi connectivity index (χ2v) is 6.04. The van der Waals surface area contributed by atoms with Crippen molar-refractivity contribution in [3.05, 3.63) is 0 Å². The zero-order valence-corrected chi connectivity index (χ0v) is 9.91. The Hall–Kier alpha value is -0.570. The van der Waals surface area contributed by atoms with Crippen LogP contribution in [-0.2, 0) is 14.3 Å². The van der Waals surface area contributed by atoms with Crippen molar-refractivity contribution in [3.63, 3.8) is 0 Å². The van der Waals surface area contributed by atoms with Crippen LogP contribution < -0.4 is 0 Å². The van der Waals surface area contributed by atoms with E-state index in [0.717, 1.165) is 37.0 Å². The standard InChI is InChI=1S/C13H20O3.CH4/c1-15-8-16-12(14)13-5-9-2-10(6-13)4-11(3-9)7-13;/h9-11H,2-8H2,1H3;1H4. The van der Waals surface area contributed by atoms with Gasteiger partial charge in [-0.3, -0.25) is 4.79 Å². The quantitative estimate of drug-likeness (QED) is 0.562. The van der Waals surface area contributed by atoms with Crippen molar-refractivity contribution in [2.75, 3.05) is 13.9 Å². The van der Waals surface area contributed by atoms with Crippen LogP contribution in [0.15, 0.2) is 0 Å². The molecule has 0 heterocycles. The molecule has 4 aliphatic rings. The highest BCUT2D eigenvalue weighted by atomic mass is 16.7. The van der Waals surface area contributed by atoms with Gasteiger partial charge in [0.05, 0.1) is 5.41 Å². The molecule has 4 bridgehead atoms. The molecule has 0 amide bonds. The Kier molecular flexibility index (Phi) is 3.48. The number of hydrogen-bond donors (Lipinski definition) is 0. The van der Waals surface area contributed by atoms with Gasteiger partial charge in [-0.25, -0.2) is 0 Å². The maximum atomic E-state index is 12.2. The molecule has 0 spiro atoms. The van der Waals surface area contributed by atoms with Crippen LogP contribution in [0.1, 0.15) is 46.0 Å². The smallest absolute Gasteiger partial charge is 0.314 e. The van der Waals surface area contributed by atoms with Gasteiger partial charge in [0, 0.05) is 7.11 Å². The zero-order chi connectivity index (χ0) is 11.2. The molecule has 3 heteroatoms. The van der Waals surface area contributed by atoms with E-state index in [1.807, 2.05) is 0 Å². The molecule has 0 saturated heterocycles. The number of carbonyl (C=O) groups excluding carboxylic acids is 1. The molecule has 4 fully saturated rings. The van der Waals surface area contributed by atoms with E-state index in [2.05, 4.69) is 0 Å². The first-order valence-electron chi connectivity index (χ1n) is 6.38. The number of methoxy groups -OCH3 is 1. The molecule has 0 atom stereocenters. The van der Waals surface area contributed by atoms with Gasteiger partial charge in [0.25, 0.3) is 0 Å². The van der Waals surface area contributed by atoms with E-state index in [9.17, 15) is 4.79 Å². The molecule has 0 aromatic heterocycles. The van der Waals surface area contributed by atoms with Crippen molar-refractivity contribution in [1.82, 2.24) is 0 Å². The van der Waals surface area contributed by atoms with E-state index >= 15 is 0 Å². The monoisotopic (exact) mass is 240 g/mol. The van der Waals surface area contributed by atoms with Gasteiger partial charge in [0.15, 0.2) is 6.79 Å². The third-order valence-electron chi connectivity index (χ3n) is 4.78. The van der Waals surface area contributed by atoms with Crippen LogP contribution >= 0.6 is 0 Å². The molecule has 0 aromatic rings. The van der Waals surface area contributed by atoms with Crippen molar-refractivity contribution >= 4 is 5.97 Å². The Balaban J connectivity index is 0.00000108. The Morgan fingerprint density at radius 1 is 1.12 bits per heavy atom. The first kappa shape index (κ1) is 12.9. The number of hydrogen-bond acceptors (Lipinski definition) is 3. The average Bonchev–Trinajstić information content (AvgIpc) is 2.24. The first-order valence-corrected chi connectivity index (χ1v) is 6.38. The highest BCUT2D eigenvalue weighted by molar-refractivity contribution is 5.77. The molecule has 0 N–H and O–H groups in total. The van der Waals surface area contributed by atoms with Gasteiger partial charge in [-0.15, -0.1) is 0 Å². The van der Waals surface area contributed by atoms with Crippen LogP contribution in [0.25, 0.3) is 0 Å². The van der Waals surface area contributed by atoms with Crippen molar-refractivity contribution in [3.8, 4) is 0 Å². The maximum Gasteiger partial charge on any atom is 0.314 e. The molecule has 4 saturated carbocycles. The molecule has 4 rings (SSSR count). The van der Waals surface area contributed by atoms with Gasteiger partial charge in [-0.05, 0) is 56.3 Å². The lowest BCUT2D eigenvalue weighted by atomic mass is 9.49. The van der Waals surface area contributed by atoms with Crippen molar-refractivity contribution in [1.29, 1.82) is 0 Å². The average molecular weight is 240 g/mol. The van der Waals surface area contributed by atoms with Crippen molar-refractivity contribution in [2.45, 2.75) is 46.0 Å². The Morgan fingerprint density at radius 2 is 1.59 bits per heavy atom. The van der Waals surface area contributed by atoms with E-state index in [4.69, 9.17) is 9.47 Å². The minimum absolute atomic E-state index is 0. The molecule has 0 aromatic carbocycles. The summed E-state index contributed by atoms with van der Waals surface area (Å²) >= 11 is 0. The molecular formula is C14H24O3. The summed E-state index contributed by atoms with van der Waals surface area (Å²) < 4.78 is 10.0. The summed E-state index contributed by atoms with van der Waals surface area (Å²) in [6.45, 7) is 0.112. The maximum absolute atomic E-state index is 12.2. The fourth-order valence-electron chi connectivity index (χ4n) is 4.63. The lowest BCUT2D eigenvalue weighted by Crippen LogP contribution is -2.50. The molecule has 0 radical (unpaired) electrons. The molecule has 0 unspecified atom stereocenters. The van der Waals surface area contributed by atoms with E-state index in [1.165, 1.54) is 19.3 Å². The van der Waals surface area contributed by atoms with E-state index in [1.54, 1.807) is 7.11 Å². The largest absolute Gasteiger partial charge is 0.438 e. The summed E-state index contributed by atoms with van der Waals surface area (Å²) in [5.74, 6) is 2.39. The topological polar surface area (TPSA) is 35.5 Å². The van der Waals surface area contributed by atoms with E-state index in [0.29, 0.717) is 0 Å². The number of carbonyl (C=O) groups is 1. The van der Waals surface area contributed by atoms with Crippen LogP contribution in [0, 0.1) is 23.2 Å². The van der Waals surface area contributed by atoms with E-state index < -0.39 is 0 Å². The summed E-state index contributed by atoms with van der Waals surface area (Å²) in [4.78, 5) is 12.2. The number of ether oxygens (including phenoxy) is 2. The first-order chi connectivity index (χ1) is 7.72. The Labute approximate surface area is 104 Å². The van der Waals surface area contributed by atoms with Gasteiger partial charge in [0.1, 0.15) is 0 Å². The lowest BCUT2D eigenvalue weighted by Gasteiger charge is -2.55. The second-order valence-electron chi connectivity index (χ2n) is 6.04. The van der Waals surface area contributed by atoms with Crippen LogP contribution in [0.3, 0.4) is 0 Å². The van der Waals surface area contributed by atoms with Crippen molar-refractivity contribution < 1.29 is 14.3 Å². The molecule has 4 aliphatic carbocycles. The summed E-state index contributed by atoms with van der Waals surface area (Å²) in [7, 11) is 1.56. The lowest BCUT2D eigenvalue weighted by molar-refractivity contribution is -0.181. The second kappa shape index (κ2) is 4.60. The van der Waals surface area contributed by atoms with Gasteiger partial charge in [-0.2, -0.15) is 0 Å². The highest BCUT2D eigenvalue weighted by Gasteiger charge is 2.55. The summed E-state index contributed by atoms with van der Waals surface area (Å²) in [5, 5.41) is 0. The van der Waals surface area contributed by atoms with Gasteiger partial charge in [0.2, 0.25) is 0 Å². The number of rotatable bonds is 3. The molecular weight excluding hydrogens is 216 g/mol. The predicted molar refractivity (Wildman–Crippen MR) is 65.3 cm³/mol. The van der Waals surface area contributed by atoms with Gasteiger partial charge >= 0.3 is 5.97 Å². The van der Waals surface area contributed by atoms with Crippen LogP contribution in [0.2, 0.25) is 0 Å². The van der Waals surface area contributed by atoms with Gasteiger partial charge in [-0.1, -0.05) is 7.43 Å². The fourth-order valence-corrected chi connectivity index (χ4v) is 4.63. The minimum Gasteiger partial charge on any atom is -0.438 e. The van der Waals surface area contributed by atoms with Gasteiger partial charge < -0.3 is 9.47 Å². The molecule has 3 nitrogen and oxygen atoms in total. The summed E-state index contributed by atoms with van der Waals surface area (Å²) in [6, 6.07) is 0. The zero-order valence-electron chi connectivity index (χ0n) is 9.91. The SMILES string of the molecule is C.COCOC(=O)C12CC3CC(CC(C3)C1)C2. The molecule has 17 heavy (non-hydrogen) atoms. The third-order valence-corrected chi connectivity index (χ3v) is 4.78. The Bertz CT molecular complexity index is 263. The van der Waals surface area contributed by atoms with E-state index in [-0.39, 0.29) is 25.6 Å². The van der Waals surface area contributed by atoms with Crippen LogP contribution in [0.4, 0.5) is 0 Å². The summed E-state index contributed by atoms with van der Waals surface area (Å²) in [6.07, 6.45) is 7.29.